The standard InChI is InChI=1S/C7H8Cl2N4O2/c8-5-11-6(9)13-7(12-5)10-4-1-14-3-15-2-4/h4H,1-3H2,(H,10,11,12,13). The van der Waals surface area contributed by atoms with Crippen LogP contribution in [0.2, 0.25) is 10.6 Å². The summed E-state index contributed by atoms with van der Waals surface area (Å²) in [5.74, 6) is 0.319. The molecule has 1 saturated heterocycles. The second-order valence-electron chi connectivity index (χ2n) is 2.90. The summed E-state index contributed by atoms with van der Waals surface area (Å²) in [5, 5.41) is 3.08. The molecule has 82 valence electrons. The van der Waals surface area contributed by atoms with Crippen LogP contribution in [-0.2, 0) is 9.47 Å². The maximum absolute atomic E-state index is 5.62. The van der Waals surface area contributed by atoms with E-state index < -0.39 is 0 Å². The summed E-state index contributed by atoms with van der Waals surface area (Å²) in [6.07, 6.45) is 0. The summed E-state index contributed by atoms with van der Waals surface area (Å²) in [7, 11) is 0. The summed E-state index contributed by atoms with van der Waals surface area (Å²) in [5.41, 5.74) is 0. The zero-order chi connectivity index (χ0) is 10.7. The molecule has 0 aliphatic carbocycles. The Bertz CT molecular complexity index is 326. The van der Waals surface area contributed by atoms with E-state index in [1.54, 1.807) is 0 Å². The number of nitrogens with one attached hydrogen (secondary N) is 1. The zero-order valence-corrected chi connectivity index (χ0v) is 9.12. The lowest BCUT2D eigenvalue weighted by molar-refractivity contribution is -0.102. The Hall–Kier alpha value is -0.690. The molecule has 0 spiro atoms. The van der Waals surface area contributed by atoms with Gasteiger partial charge in [0.25, 0.3) is 0 Å². The Morgan fingerprint density at radius 3 is 2.27 bits per heavy atom. The van der Waals surface area contributed by atoms with Crippen LogP contribution in [0.3, 0.4) is 0 Å². The van der Waals surface area contributed by atoms with Crippen molar-refractivity contribution < 1.29 is 9.47 Å². The lowest BCUT2D eigenvalue weighted by Crippen LogP contribution is -2.36. The number of hydrogen-bond acceptors (Lipinski definition) is 6. The van der Waals surface area contributed by atoms with E-state index in [4.69, 9.17) is 32.7 Å². The molecule has 0 aromatic carbocycles. The molecule has 1 N–H and O–H groups in total. The quantitative estimate of drug-likeness (QED) is 0.844. The Balaban J connectivity index is 2.02. The highest BCUT2D eigenvalue weighted by atomic mass is 35.5. The van der Waals surface area contributed by atoms with Crippen LogP contribution in [0.4, 0.5) is 5.95 Å². The van der Waals surface area contributed by atoms with Gasteiger partial charge < -0.3 is 14.8 Å². The molecule has 1 fully saturated rings. The minimum atomic E-state index is -0.00622. The van der Waals surface area contributed by atoms with Gasteiger partial charge in [-0.2, -0.15) is 15.0 Å². The normalized spacial score (nSPS) is 17.7. The van der Waals surface area contributed by atoms with E-state index in [1.165, 1.54) is 0 Å². The van der Waals surface area contributed by atoms with Crippen LogP contribution < -0.4 is 5.32 Å². The predicted octanol–water partition coefficient (Wildman–Crippen LogP) is 0.963. The van der Waals surface area contributed by atoms with Crippen molar-refractivity contribution >= 4 is 29.2 Å². The first-order valence-corrected chi connectivity index (χ1v) is 4.99. The summed E-state index contributed by atoms with van der Waals surface area (Å²) >= 11 is 11.2. The molecule has 1 aromatic heterocycles. The van der Waals surface area contributed by atoms with Crippen molar-refractivity contribution in [3.05, 3.63) is 10.6 Å². The van der Waals surface area contributed by atoms with Crippen LogP contribution in [-0.4, -0.2) is 41.0 Å². The second-order valence-corrected chi connectivity index (χ2v) is 3.57. The molecule has 2 heterocycles. The molecule has 0 amide bonds. The molecule has 8 heteroatoms. The molecule has 1 aliphatic heterocycles. The summed E-state index contributed by atoms with van der Waals surface area (Å²) in [6.45, 7) is 1.37. The Morgan fingerprint density at radius 2 is 1.67 bits per heavy atom. The minimum absolute atomic E-state index is 0.00622. The molecule has 0 unspecified atom stereocenters. The third-order valence-electron chi connectivity index (χ3n) is 1.72. The van der Waals surface area contributed by atoms with Gasteiger partial charge in [-0.3, -0.25) is 0 Å². The van der Waals surface area contributed by atoms with Crippen LogP contribution >= 0.6 is 23.2 Å². The molecule has 15 heavy (non-hydrogen) atoms. The average molecular weight is 251 g/mol. The summed E-state index contributed by atoms with van der Waals surface area (Å²) in [4.78, 5) is 11.4. The van der Waals surface area contributed by atoms with Crippen LogP contribution in [0.15, 0.2) is 0 Å². The zero-order valence-electron chi connectivity index (χ0n) is 7.61. The van der Waals surface area contributed by atoms with Gasteiger partial charge in [-0.15, -0.1) is 0 Å². The van der Waals surface area contributed by atoms with E-state index in [-0.39, 0.29) is 16.6 Å². The Kier molecular flexibility index (Phi) is 3.53. The molecule has 6 nitrogen and oxygen atoms in total. The van der Waals surface area contributed by atoms with Crippen molar-refractivity contribution in [1.29, 1.82) is 0 Å². The van der Waals surface area contributed by atoms with E-state index in [9.17, 15) is 0 Å². The van der Waals surface area contributed by atoms with Crippen molar-refractivity contribution in [3.8, 4) is 0 Å². The van der Waals surface area contributed by atoms with Gasteiger partial charge in [0.15, 0.2) is 0 Å². The molecule has 0 bridgehead atoms. The number of nitrogens with zero attached hydrogens (tertiary/aromatic N) is 3. The van der Waals surface area contributed by atoms with E-state index in [0.717, 1.165) is 0 Å². The molecule has 1 aromatic rings. The first-order valence-electron chi connectivity index (χ1n) is 4.23. The third kappa shape index (κ3) is 3.13. The number of aromatic nitrogens is 3. The van der Waals surface area contributed by atoms with Crippen molar-refractivity contribution in [2.24, 2.45) is 0 Å². The number of hydrogen-bond donors (Lipinski definition) is 1. The van der Waals surface area contributed by atoms with Gasteiger partial charge in [0.2, 0.25) is 16.5 Å². The molecule has 2 rings (SSSR count). The first-order chi connectivity index (χ1) is 7.24. The monoisotopic (exact) mass is 250 g/mol. The van der Waals surface area contributed by atoms with E-state index >= 15 is 0 Å². The van der Waals surface area contributed by atoms with Crippen molar-refractivity contribution in [2.45, 2.75) is 6.04 Å². The fourth-order valence-electron chi connectivity index (χ4n) is 1.14. The van der Waals surface area contributed by atoms with Gasteiger partial charge in [-0.25, -0.2) is 0 Å². The van der Waals surface area contributed by atoms with Crippen LogP contribution in [0.25, 0.3) is 0 Å². The van der Waals surface area contributed by atoms with Gasteiger partial charge in [0.1, 0.15) is 6.79 Å². The third-order valence-corrected chi connectivity index (χ3v) is 2.06. The SMILES string of the molecule is Clc1nc(Cl)nc(NC2COCOC2)n1. The molecular weight excluding hydrogens is 243 g/mol. The topological polar surface area (TPSA) is 69.2 Å². The molecule has 0 radical (unpaired) electrons. The number of anilines is 1. The van der Waals surface area contributed by atoms with E-state index in [2.05, 4.69) is 20.3 Å². The number of ether oxygens (including phenoxy) is 2. The van der Waals surface area contributed by atoms with Crippen LogP contribution in [0.1, 0.15) is 0 Å². The lowest BCUT2D eigenvalue weighted by Gasteiger charge is -2.23. The van der Waals surface area contributed by atoms with Gasteiger partial charge in [-0.05, 0) is 23.2 Å². The highest BCUT2D eigenvalue weighted by Gasteiger charge is 2.15. The van der Waals surface area contributed by atoms with Crippen LogP contribution in [0.5, 0.6) is 0 Å². The smallest absolute Gasteiger partial charge is 0.228 e. The largest absolute Gasteiger partial charge is 0.353 e. The van der Waals surface area contributed by atoms with E-state index in [1.807, 2.05) is 0 Å². The molecule has 0 atom stereocenters. The number of halogens is 2. The second kappa shape index (κ2) is 4.89. The van der Waals surface area contributed by atoms with Crippen LogP contribution in [0, 0.1) is 0 Å². The average Bonchev–Trinajstić information content (AvgIpc) is 2.17. The van der Waals surface area contributed by atoms with Gasteiger partial charge >= 0.3 is 0 Å². The van der Waals surface area contributed by atoms with E-state index in [0.29, 0.717) is 26.0 Å². The molecule has 1 aliphatic rings. The highest BCUT2D eigenvalue weighted by molar-refractivity contribution is 6.31. The van der Waals surface area contributed by atoms with Gasteiger partial charge in [-0.1, -0.05) is 0 Å². The van der Waals surface area contributed by atoms with Crippen molar-refractivity contribution in [3.63, 3.8) is 0 Å². The van der Waals surface area contributed by atoms with Crippen molar-refractivity contribution in [2.75, 3.05) is 25.3 Å². The Labute approximate surface area is 95.9 Å². The molecular formula is C7H8Cl2N4O2. The van der Waals surface area contributed by atoms with Crippen molar-refractivity contribution in [1.82, 2.24) is 15.0 Å². The first kappa shape index (κ1) is 10.8. The lowest BCUT2D eigenvalue weighted by atomic mass is 10.3. The minimum Gasteiger partial charge on any atom is -0.353 e. The fourth-order valence-corrected chi connectivity index (χ4v) is 1.51. The predicted molar refractivity (Wildman–Crippen MR) is 54.0 cm³/mol. The summed E-state index contributed by atoms with van der Waals surface area (Å²) in [6, 6.07) is -0.00622. The maximum atomic E-state index is 5.62. The highest BCUT2D eigenvalue weighted by Crippen LogP contribution is 2.11. The van der Waals surface area contributed by atoms with Gasteiger partial charge in [0.05, 0.1) is 19.3 Å². The summed E-state index contributed by atoms with van der Waals surface area (Å²) < 4.78 is 10.2. The fraction of sp³-hybridized carbons (Fsp3) is 0.571. The maximum Gasteiger partial charge on any atom is 0.228 e. The Morgan fingerprint density at radius 1 is 1.07 bits per heavy atom. The molecule has 0 saturated carbocycles. The number of rotatable bonds is 2. The van der Waals surface area contributed by atoms with Gasteiger partial charge in [0, 0.05) is 0 Å².